The molecule has 0 aromatic carbocycles. The summed E-state index contributed by atoms with van der Waals surface area (Å²) in [7, 11) is 0. The largest absolute Gasteiger partial charge is 0.515 e. The van der Waals surface area contributed by atoms with Crippen LogP contribution in [-0.2, 0) is 4.79 Å². The predicted octanol–water partition coefficient (Wildman–Crippen LogP) is 3.93. The minimum atomic E-state index is -0.974. The molecular formula is C22H28O3. The fraction of sp³-hybridized carbons (Fsp3) is 0.682. The molecule has 0 aromatic rings. The van der Waals surface area contributed by atoms with Crippen LogP contribution < -0.4 is 0 Å². The van der Waals surface area contributed by atoms with E-state index in [1.54, 1.807) is 6.08 Å². The lowest BCUT2D eigenvalue weighted by Gasteiger charge is -2.58. The summed E-state index contributed by atoms with van der Waals surface area (Å²) in [5.74, 6) is 4.17. The van der Waals surface area contributed by atoms with Gasteiger partial charge in [0.25, 0.3) is 0 Å². The summed E-state index contributed by atoms with van der Waals surface area (Å²) >= 11 is 0. The van der Waals surface area contributed by atoms with Gasteiger partial charge in [-0.2, -0.15) is 0 Å². The highest BCUT2D eigenvalue weighted by Crippen LogP contribution is 2.67. The van der Waals surface area contributed by atoms with Crippen LogP contribution in [0.15, 0.2) is 23.5 Å². The molecule has 4 rings (SSSR count). The molecule has 3 nitrogen and oxygen atoms in total. The summed E-state index contributed by atoms with van der Waals surface area (Å²) < 4.78 is 0. The summed E-state index contributed by atoms with van der Waals surface area (Å²) in [4.78, 5) is 12.2. The topological polar surface area (TPSA) is 57.5 Å². The molecule has 0 aromatic heterocycles. The first-order valence-corrected chi connectivity index (χ1v) is 9.58. The first-order chi connectivity index (χ1) is 11.8. The van der Waals surface area contributed by atoms with Gasteiger partial charge in [-0.15, -0.1) is 6.42 Å². The Hall–Kier alpha value is -1.53. The monoisotopic (exact) mass is 343 g/mol. The molecule has 0 heterocycles. The van der Waals surface area contributed by atoms with Gasteiger partial charge in [-0.1, -0.05) is 25.3 Å². The van der Waals surface area contributed by atoms with Crippen LogP contribution in [0.4, 0.5) is 0 Å². The molecule has 0 spiro atoms. The van der Waals surface area contributed by atoms with Crippen LogP contribution in [0, 0.1) is 40.9 Å². The van der Waals surface area contributed by atoms with Gasteiger partial charge in [0.15, 0.2) is 5.78 Å². The van der Waals surface area contributed by atoms with E-state index in [0.29, 0.717) is 36.2 Å². The molecule has 0 unspecified atom stereocenters. The summed E-state index contributed by atoms with van der Waals surface area (Å²) in [6, 6.07) is 0. The van der Waals surface area contributed by atoms with Crippen LogP contribution in [0.2, 0.25) is 0 Å². The smallest absolute Gasteiger partial charge is 0.184 e. The van der Waals surface area contributed by atoms with Crippen LogP contribution >= 0.6 is 0 Å². The van der Waals surface area contributed by atoms with E-state index in [9.17, 15) is 15.0 Å². The second kappa shape index (κ2) is 5.24. The van der Waals surface area contributed by atoms with Crippen molar-refractivity contribution in [3.63, 3.8) is 0 Å². The minimum Gasteiger partial charge on any atom is -0.515 e. The van der Waals surface area contributed by atoms with Crippen LogP contribution in [-0.4, -0.2) is 21.6 Å². The fourth-order valence-electron chi connectivity index (χ4n) is 6.90. The molecule has 134 valence electrons. The van der Waals surface area contributed by atoms with Crippen molar-refractivity contribution in [2.75, 3.05) is 0 Å². The van der Waals surface area contributed by atoms with Gasteiger partial charge in [0, 0.05) is 11.0 Å². The molecule has 0 amide bonds. The maximum absolute atomic E-state index is 12.2. The molecule has 0 saturated heterocycles. The van der Waals surface area contributed by atoms with Crippen molar-refractivity contribution in [2.24, 2.45) is 28.6 Å². The zero-order valence-electron chi connectivity index (χ0n) is 15.2. The number of ketones is 1. The molecule has 4 aliphatic carbocycles. The minimum absolute atomic E-state index is 0.0309. The number of hydrogen-bond acceptors (Lipinski definition) is 3. The van der Waals surface area contributed by atoms with E-state index in [0.717, 1.165) is 38.4 Å². The third-order valence-corrected chi connectivity index (χ3v) is 8.46. The number of fused-ring (bicyclic) bond motifs is 5. The number of carbonyl (C=O) groups excluding carboxylic acids is 1. The number of aliphatic hydroxyl groups is 2. The SMILES string of the molecule is C[C@]12C/C(=[13CH]/O)C(=O)C=C1CC[C@@H]1[C@@H]2CC[C@@]2(C)[C@H]1CC[C@@]2(O)[13C]#[13CH]. The molecule has 25 heavy (non-hydrogen) atoms. The number of terminal acetylenes is 1. The molecule has 0 aliphatic heterocycles. The Morgan fingerprint density at radius 3 is 2.64 bits per heavy atom. The zero-order chi connectivity index (χ0) is 18.0. The summed E-state index contributed by atoms with van der Waals surface area (Å²) in [5.41, 5.74) is 0.577. The maximum atomic E-state index is 12.2. The Morgan fingerprint density at radius 1 is 1.24 bits per heavy atom. The standard InChI is InChI=1S/C22H28O3/c1-4-22(25)10-8-18-16-6-5-15-11-19(24)14(13-23)12-20(15,2)17(16)7-9-21(18,22)3/h1,11,13,16-18,23,25H,5-10,12H2,2-3H3/b14-13-/t16-,17+,18+,20+,21+,22+/m1/s1/i1+1,4+1,13+1. The van der Waals surface area contributed by atoms with E-state index in [1.807, 2.05) is 0 Å². The van der Waals surface area contributed by atoms with E-state index in [4.69, 9.17) is 6.42 Å². The average Bonchev–Trinajstić information content (AvgIpc) is 2.87. The number of carbonyl (C=O) groups is 1. The van der Waals surface area contributed by atoms with Gasteiger partial charge in [0.05, 0.1) is 6.26 Å². The Bertz CT molecular complexity index is 726. The van der Waals surface area contributed by atoms with E-state index in [2.05, 4.69) is 19.8 Å². The molecule has 3 saturated carbocycles. The van der Waals surface area contributed by atoms with Crippen molar-refractivity contribution in [3.8, 4) is 12.3 Å². The number of hydrogen-bond donors (Lipinski definition) is 2. The summed E-state index contributed by atoms with van der Waals surface area (Å²) in [6.45, 7) is 4.47. The molecule has 3 fully saturated rings. The Kier molecular flexibility index (Phi) is 3.54. The second-order valence-electron chi connectivity index (χ2n) is 9.20. The fourth-order valence-corrected chi connectivity index (χ4v) is 6.90. The summed E-state index contributed by atoms with van der Waals surface area (Å²) in [6.07, 6.45) is 14.8. The van der Waals surface area contributed by atoms with E-state index >= 15 is 0 Å². The van der Waals surface area contributed by atoms with Crippen molar-refractivity contribution >= 4 is 5.78 Å². The molecule has 3 heteroatoms. The van der Waals surface area contributed by atoms with Gasteiger partial charge >= 0.3 is 0 Å². The van der Waals surface area contributed by atoms with Crippen molar-refractivity contribution in [3.05, 3.63) is 23.5 Å². The van der Waals surface area contributed by atoms with E-state index < -0.39 is 5.60 Å². The summed E-state index contributed by atoms with van der Waals surface area (Å²) in [5, 5.41) is 20.5. The molecule has 6 atom stereocenters. The third-order valence-electron chi connectivity index (χ3n) is 8.46. The lowest BCUT2D eigenvalue weighted by molar-refractivity contribution is -0.115. The number of aliphatic hydroxyl groups excluding tert-OH is 1. The Balaban J connectivity index is 1.72. The molecule has 0 radical (unpaired) electrons. The molecule has 0 bridgehead atoms. The molecular weight excluding hydrogens is 315 g/mol. The maximum Gasteiger partial charge on any atom is 0.184 e. The van der Waals surface area contributed by atoms with Gasteiger partial charge in [0.1, 0.15) is 5.60 Å². The lowest BCUT2D eigenvalue weighted by Crippen LogP contribution is -2.54. The van der Waals surface area contributed by atoms with Gasteiger partial charge < -0.3 is 10.2 Å². The second-order valence-corrected chi connectivity index (χ2v) is 9.20. The Labute approximate surface area is 150 Å². The van der Waals surface area contributed by atoms with Crippen molar-refractivity contribution in [2.45, 2.75) is 64.4 Å². The van der Waals surface area contributed by atoms with Crippen LogP contribution in [0.3, 0.4) is 0 Å². The van der Waals surface area contributed by atoms with Gasteiger partial charge in [0.2, 0.25) is 0 Å². The number of allylic oxidation sites excluding steroid dienone is 2. The average molecular weight is 343 g/mol. The van der Waals surface area contributed by atoms with Crippen molar-refractivity contribution in [1.82, 2.24) is 0 Å². The van der Waals surface area contributed by atoms with Crippen molar-refractivity contribution in [1.29, 1.82) is 0 Å². The van der Waals surface area contributed by atoms with Gasteiger partial charge in [-0.3, -0.25) is 4.79 Å². The normalized spacial score (nSPS) is 50.5. The molecule has 2 N–H and O–H groups in total. The van der Waals surface area contributed by atoms with Crippen molar-refractivity contribution < 1.29 is 15.0 Å². The van der Waals surface area contributed by atoms with Gasteiger partial charge in [-0.25, -0.2) is 0 Å². The zero-order valence-corrected chi connectivity index (χ0v) is 15.2. The van der Waals surface area contributed by atoms with Crippen LogP contribution in [0.25, 0.3) is 0 Å². The van der Waals surface area contributed by atoms with E-state index in [-0.39, 0.29) is 16.6 Å². The third kappa shape index (κ3) is 2.01. The highest BCUT2D eigenvalue weighted by Gasteiger charge is 2.63. The van der Waals surface area contributed by atoms with Gasteiger partial charge in [-0.05, 0) is 74.2 Å². The number of rotatable bonds is 0. The quantitative estimate of drug-likeness (QED) is 0.303. The highest BCUT2D eigenvalue weighted by molar-refractivity contribution is 6.05. The first-order valence-electron chi connectivity index (χ1n) is 9.58. The van der Waals surface area contributed by atoms with E-state index in [1.165, 1.54) is 5.57 Å². The van der Waals surface area contributed by atoms with Crippen LogP contribution in [0.1, 0.15) is 58.8 Å². The lowest BCUT2D eigenvalue weighted by atomic mass is 9.46. The highest BCUT2D eigenvalue weighted by atomic mass is 16.3. The van der Waals surface area contributed by atoms with Crippen LogP contribution in [0.5, 0.6) is 0 Å². The predicted molar refractivity (Wildman–Crippen MR) is 96.6 cm³/mol. The molecule has 4 aliphatic rings. The first kappa shape index (κ1) is 16.9. The Morgan fingerprint density at radius 2 is 1.96 bits per heavy atom.